The van der Waals surface area contributed by atoms with Gasteiger partial charge in [-0.05, 0) is 37.5 Å². The standard InChI is InChI=1S/C20H19FN2OS/c1-14-23-18(16-7-3-2-4-8-16)19(25-14)20(24)22-13-5-6-15-9-11-17(21)12-10-15/h2-4,7-12H,5-6,13H2,1H3,(H,22,24). The van der Waals surface area contributed by atoms with Gasteiger partial charge in [-0.15, -0.1) is 11.3 Å². The molecule has 0 unspecified atom stereocenters. The van der Waals surface area contributed by atoms with Gasteiger partial charge in [-0.2, -0.15) is 0 Å². The van der Waals surface area contributed by atoms with Crippen LogP contribution in [0.5, 0.6) is 0 Å². The van der Waals surface area contributed by atoms with Gasteiger partial charge < -0.3 is 5.32 Å². The molecule has 0 saturated heterocycles. The van der Waals surface area contributed by atoms with E-state index < -0.39 is 0 Å². The Labute approximate surface area is 150 Å². The maximum atomic E-state index is 12.9. The molecular weight excluding hydrogens is 335 g/mol. The van der Waals surface area contributed by atoms with Crippen molar-refractivity contribution in [1.82, 2.24) is 10.3 Å². The number of aromatic nitrogens is 1. The van der Waals surface area contributed by atoms with Gasteiger partial charge in [0, 0.05) is 12.1 Å². The van der Waals surface area contributed by atoms with Gasteiger partial charge in [-0.25, -0.2) is 9.37 Å². The van der Waals surface area contributed by atoms with Crippen LogP contribution in [0.3, 0.4) is 0 Å². The normalized spacial score (nSPS) is 10.6. The van der Waals surface area contributed by atoms with Crippen LogP contribution in [0, 0.1) is 12.7 Å². The Morgan fingerprint density at radius 3 is 2.56 bits per heavy atom. The Morgan fingerprint density at radius 2 is 1.84 bits per heavy atom. The molecule has 2 aromatic carbocycles. The van der Waals surface area contributed by atoms with Crippen molar-refractivity contribution in [3.05, 3.63) is 75.9 Å². The van der Waals surface area contributed by atoms with E-state index in [2.05, 4.69) is 10.3 Å². The van der Waals surface area contributed by atoms with E-state index in [-0.39, 0.29) is 11.7 Å². The highest BCUT2D eigenvalue weighted by atomic mass is 32.1. The van der Waals surface area contributed by atoms with Gasteiger partial charge in [0.2, 0.25) is 0 Å². The number of nitrogens with one attached hydrogen (secondary N) is 1. The first kappa shape index (κ1) is 17.3. The lowest BCUT2D eigenvalue weighted by Crippen LogP contribution is -2.24. The summed E-state index contributed by atoms with van der Waals surface area (Å²) in [7, 11) is 0. The molecule has 0 fully saturated rings. The van der Waals surface area contributed by atoms with Gasteiger partial charge in [0.1, 0.15) is 10.7 Å². The van der Waals surface area contributed by atoms with Crippen LogP contribution in [-0.2, 0) is 6.42 Å². The number of rotatable bonds is 6. The van der Waals surface area contributed by atoms with Crippen LogP contribution in [0.2, 0.25) is 0 Å². The van der Waals surface area contributed by atoms with Gasteiger partial charge in [0.05, 0.1) is 10.7 Å². The van der Waals surface area contributed by atoms with E-state index in [0.717, 1.165) is 34.7 Å². The molecule has 25 heavy (non-hydrogen) atoms. The number of benzene rings is 2. The molecule has 0 saturated carbocycles. The monoisotopic (exact) mass is 354 g/mol. The smallest absolute Gasteiger partial charge is 0.263 e. The summed E-state index contributed by atoms with van der Waals surface area (Å²) in [5, 5.41) is 3.83. The number of halogens is 1. The Bertz CT molecular complexity index is 844. The minimum Gasteiger partial charge on any atom is -0.351 e. The molecule has 5 heteroatoms. The second-order valence-electron chi connectivity index (χ2n) is 5.76. The molecule has 0 bridgehead atoms. The van der Waals surface area contributed by atoms with E-state index in [9.17, 15) is 9.18 Å². The Kier molecular flexibility index (Phi) is 5.56. The summed E-state index contributed by atoms with van der Waals surface area (Å²) in [5.74, 6) is -0.324. The van der Waals surface area contributed by atoms with Crippen LogP contribution in [0.15, 0.2) is 54.6 Å². The van der Waals surface area contributed by atoms with Crippen molar-refractivity contribution in [3.8, 4) is 11.3 Å². The maximum Gasteiger partial charge on any atom is 0.263 e. The molecule has 0 atom stereocenters. The summed E-state index contributed by atoms with van der Waals surface area (Å²) in [6, 6.07) is 16.2. The number of carbonyl (C=O) groups excluding carboxylic acids is 1. The molecule has 0 spiro atoms. The molecule has 0 aliphatic rings. The van der Waals surface area contributed by atoms with Crippen LogP contribution in [0.1, 0.15) is 26.7 Å². The number of hydrogen-bond acceptors (Lipinski definition) is 3. The average Bonchev–Trinajstić information content (AvgIpc) is 3.03. The van der Waals surface area contributed by atoms with E-state index >= 15 is 0 Å². The summed E-state index contributed by atoms with van der Waals surface area (Å²) in [5.41, 5.74) is 2.75. The van der Waals surface area contributed by atoms with Crippen LogP contribution >= 0.6 is 11.3 Å². The number of hydrogen-bond donors (Lipinski definition) is 1. The van der Waals surface area contributed by atoms with Gasteiger partial charge in [-0.3, -0.25) is 4.79 Å². The fourth-order valence-electron chi connectivity index (χ4n) is 2.60. The third-order valence-corrected chi connectivity index (χ3v) is 4.80. The third kappa shape index (κ3) is 4.51. The van der Waals surface area contributed by atoms with Crippen molar-refractivity contribution >= 4 is 17.2 Å². The SMILES string of the molecule is Cc1nc(-c2ccccc2)c(C(=O)NCCCc2ccc(F)cc2)s1. The molecule has 0 radical (unpaired) electrons. The first-order chi connectivity index (χ1) is 12.1. The van der Waals surface area contributed by atoms with Gasteiger partial charge >= 0.3 is 0 Å². The molecule has 1 heterocycles. The Hall–Kier alpha value is -2.53. The number of amides is 1. The van der Waals surface area contributed by atoms with Crippen molar-refractivity contribution < 1.29 is 9.18 Å². The molecule has 0 aliphatic heterocycles. The summed E-state index contributed by atoms with van der Waals surface area (Å²) in [4.78, 5) is 17.7. The third-order valence-electron chi connectivity index (χ3n) is 3.83. The first-order valence-corrected chi connectivity index (χ1v) is 9.00. The fourth-order valence-corrected chi connectivity index (χ4v) is 3.46. The fraction of sp³-hybridized carbons (Fsp3) is 0.200. The van der Waals surface area contributed by atoms with Crippen molar-refractivity contribution in [3.63, 3.8) is 0 Å². The first-order valence-electron chi connectivity index (χ1n) is 8.19. The van der Waals surface area contributed by atoms with Gasteiger partial charge in [0.15, 0.2) is 0 Å². The number of aryl methyl sites for hydroxylation is 2. The lowest BCUT2D eigenvalue weighted by Gasteiger charge is -2.06. The van der Waals surface area contributed by atoms with Crippen LogP contribution < -0.4 is 5.32 Å². The van der Waals surface area contributed by atoms with Crippen LogP contribution in [0.4, 0.5) is 4.39 Å². The van der Waals surface area contributed by atoms with Gasteiger partial charge in [-0.1, -0.05) is 42.5 Å². The van der Waals surface area contributed by atoms with Crippen LogP contribution in [-0.4, -0.2) is 17.4 Å². The lowest BCUT2D eigenvalue weighted by atomic mass is 10.1. The number of carbonyl (C=O) groups is 1. The van der Waals surface area contributed by atoms with E-state index in [1.807, 2.05) is 37.3 Å². The van der Waals surface area contributed by atoms with Crippen molar-refractivity contribution in [2.75, 3.05) is 6.54 Å². The van der Waals surface area contributed by atoms with Crippen molar-refractivity contribution in [2.24, 2.45) is 0 Å². The van der Waals surface area contributed by atoms with Crippen molar-refractivity contribution in [2.45, 2.75) is 19.8 Å². The van der Waals surface area contributed by atoms with E-state index in [1.54, 1.807) is 12.1 Å². The minimum atomic E-state index is -0.231. The predicted molar refractivity (Wildman–Crippen MR) is 99.3 cm³/mol. The van der Waals surface area contributed by atoms with E-state index in [4.69, 9.17) is 0 Å². The molecule has 1 N–H and O–H groups in total. The quantitative estimate of drug-likeness (QED) is 0.656. The average molecular weight is 354 g/mol. The number of nitrogens with zero attached hydrogens (tertiary/aromatic N) is 1. The molecule has 1 aromatic heterocycles. The second-order valence-corrected chi connectivity index (χ2v) is 6.97. The molecule has 3 aromatic rings. The predicted octanol–water partition coefficient (Wildman–Crippen LogP) is 4.62. The van der Waals surface area contributed by atoms with Gasteiger partial charge in [0.25, 0.3) is 5.91 Å². The van der Waals surface area contributed by atoms with E-state index in [0.29, 0.717) is 11.4 Å². The lowest BCUT2D eigenvalue weighted by molar-refractivity contribution is 0.0957. The van der Waals surface area contributed by atoms with Crippen LogP contribution in [0.25, 0.3) is 11.3 Å². The maximum absolute atomic E-state index is 12.9. The zero-order chi connectivity index (χ0) is 17.6. The highest BCUT2D eigenvalue weighted by Crippen LogP contribution is 2.27. The minimum absolute atomic E-state index is 0.0939. The highest BCUT2D eigenvalue weighted by Gasteiger charge is 2.17. The zero-order valence-electron chi connectivity index (χ0n) is 14.0. The largest absolute Gasteiger partial charge is 0.351 e. The molecule has 3 nitrogen and oxygen atoms in total. The summed E-state index contributed by atoms with van der Waals surface area (Å²) < 4.78 is 12.9. The Morgan fingerprint density at radius 1 is 1.12 bits per heavy atom. The molecular formula is C20H19FN2OS. The topological polar surface area (TPSA) is 42.0 Å². The molecule has 0 aliphatic carbocycles. The second kappa shape index (κ2) is 8.03. The summed E-state index contributed by atoms with van der Waals surface area (Å²) in [6.45, 7) is 2.48. The number of thiazole rings is 1. The summed E-state index contributed by atoms with van der Waals surface area (Å²) >= 11 is 1.41. The summed E-state index contributed by atoms with van der Waals surface area (Å²) in [6.07, 6.45) is 1.60. The van der Waals surface area contributed by atoms with Crippen molar-refractivity contribution in [1.29, 1.82) is 0 Å². The Balaban J connectivity index is 1.59. The zero-order valence-corrected chi connectivity index (χ0v) is 14.8. The highest BCUT2D eigenvalue weighted by molar-refractivity contribution is 7.14. The molecule has 3 rings (SSSR count). The molecule has 1 amide bonds. The van der Waals surface area contributed by atoms with E-state index in [1.165, 1.54) is 23.5 Å². The molecule has 128 valence electrons.